The summed E-state index contributed by atoms with van der Waals surface area (Å²) in [4.78, 5) is 24.8. The molecule has 1 atom stereocenters. The first-order valence-corrected chi connectivity index (χ1v) is 9.12. The van der Waals surface area contributed by atoms with E-state index >= 15 is 0 Å². The lowest BCUT2D eigenvalue weighted by atomic mass is 10.1. The highest BCUT2D eigenvalue weighted by atomic mass is 16.5. The SMILES string of the molecule is COc1ccc(-c2cc3c(=O)n(CC(=O)NC[C@H]4CCCO4)ncn3n2)cc1. The monoisotopic (exact) mass is 383 g/mol. The first-order chi connectivity index (χ1) is 13.6. The van der Waals surface area contributed by atoms with Gasteiger partial charge in [-0.15, -0.1) is 0 Å². The normalized spacial score (nSPS) is 16.4. The summed E-state index contributed by atoms with van der Waals surface area (Å²) < 4.78 is 13.2. The third-order valence-electron chi connectivity index (χ3n) is 4.72. The predicted molar refractivity (Wildman–Crippen MR) is 101 cm³/mol. The zero-order valence-corrected chi connectivity index (χ0v) is 15.5. The van der Waals surface area contributed by atoms with E-state index in [1.165, 1.54) is 10.8 Å². The van der Waals surface area contributed by atoms with Crippen molar-refractivity contribution >= 4 is 11.4 Å². The van der Waals surface area contributed by atoms with Gasteiger partial charge in [0, 0.05) is 18.7 Å². The Hall–Kier alpha value is -3.20. The van der Waals surface area contributed by atoms with Gasteiger partial charge in [0.25, 0.3) is 5.56 Å². The van der Waals surface area contributed by atoms with Crippen LogP contribution in [-0.4, -0.2) is 51.7 Å². The number of carbonyl (C=O) groups excluding carboxylic acids is 1. The van der Waals surface area contributed by atoms with Crippen molar-refractivity contribution in [1.29, 1.82) is 0 Å². The van der Waals surface area contributed by atoms with Crippen LogP contribution in [0.1, 0.15) is 12.8 Å². The molecule has 3 heterocycles. The van der Waals surface area contributed by atoms with Crippen molar-refractivity contribution in [2.24, 2.45) is 0 Å². The molecular weight excluding hydrogens is 362 g/mol. The van der Waals surface area contributed by atoms with E-state index < -0.39 is 0 Å². The van der Waals surface area contributed by atoms with Crippen molar-refractivity contribution in [3.8, 4) is 17.0 Å². The van der Waals surface area contributed by atoms with Crippen LogP contribution < -0.4 is 15.6 Å². The third kappa shape index (κ3) is 3.74. The Bertz CT molecular complexity index is 1030. The topological polar surface area (TPSA) is 99.8 Å². The molecule has 1 aliphatic heterocycles. The summed E-state index contributed by atoms with van der Waals surface area (Å²) in [6, 6.07) is 9.07. The summed E-state index contributed by atoms with van der Waals surface area (Å²) >= 11 is 0. The fourth-order valence-corrected chi connectivity index (χ4v) is 3.18. The number of hydrogen-bond donors (Lipinski definition) is 1. The van der Waals surface area contributed by atoms with E-state index in [9.17, 15) is 9.59 Å². The van der Waals surface area contributed by atoms with Crippen LogP contribution >= 0.6 is 0 Å². The second-order valence-electron chi connectivity index (χ2n) is 6.62. The molecule has 4 rings (SSSR count). The van der Waals surface area contributed by atoms with Gasteiger partial charge in [-0.2, -0.15) is 10.2 Å². The number of ether oxygens (including phenoxy) is 2. The number of rotatable bonds is 6. The van der Waals surface area contributed by atoms with Crippen LogP contribution in [-0.2, 0) is 16.1 Å². The lowest BCUT2D eigenvalue weighted by molar-refractivity contribution is -0.122. The molecule has 1 aromatic carbocycles. The molecule has 28 heavy (non-hydrogen) atoms. The summed E-state index contributed by atoms with van der Waals surface area (Å²) in [7, 11) is 1.60. The Morgan fingerprint density at radius 1 is 1.36 bits per heavy atom. The number of nitrogens with one attached hydrogen (secondary N) is 1. The van der Waals surface area contributed by atoms with Crippen LogP contribution in [0.25, 0.3) is 16.8 Å². The molecule has 0 saturated carbocycles. The minimum Gasteiger partial charge on any atom is -0.497 e. The summed E-state index contributed by atoms with van der Waals surface area (Å²) in [5, 5.41) is 11.2. The van der Waals surface area contributed by atoms with Crippen LogP contribution in [0.2, 0.25) is 0 Å². The lowest BCUT2D eigenvalue weighted by Crippen LogP contribution is -2.37. The number of fused-ring (bicyclic) bond motifs is 1. The molecule has 0 bridgehead atoms. The molecule has 0 spiro atoms. The van der Waals surface area contributed by atoms with Crippen molar-refractivity contribution < 1.29 is 14.3 Å². The third-order valence-corrected chi connectivity index (χ3v) is 4.72. The van der Waals surface area contributed by atoms with E-state index in [-0.39, 0.29) is 24.1 Å². The maximum atomic E-state index is 12.7. The van der Waals surface area contributed by atoms with E-state index in [1.807, 2.05) is 24.3 Å². The molecule has 2 aromatic heterocycles. The summed E-state index contributed by atoms with van der Waals surface area (Å²) in [6.07, 6.45) is 3.43. The van der Waals surface area contributed by atoms with Gasteiger partial charge in [0.2, 0.25) is 5.91 Å². The predicted octanol–water partition coefficient (Wildman–Crippen LogP) is 0.862. The average Bonchev–Trinajstić information content (AvgIpc) is 3.39. The van der Waals surface area contributed by atoms with Gasteiger partial charge in [0.1, 0.15) is 24.1 Å². The summed E-state index contributed by atoms with van der Waals surface area (Å²) in [6.45, 7) is 1.03. The standard InChI is InChI=1S/C19H21N5O4/c1-27-14-6-4-13(5-7-14)16-9-17-19(26)23(21-12-24(17)22-16)11-18(25)20-10-15-3-2-8-28-15/h4-7,9,12,15H,2-3,8,10-11H2,1H3,(H,20,25)/t15-/m1/s1. The Kier molecular flexibility index (Phi) is 5.07. The maximum absolute atomic E-state index is 12.7. The van der Waals surface area contributed by atoms with Crippen LogP contribution in [0.15, 0.2) is 41.5 Å². The number of aromatic nitrogens is 4. The Morgan fingerprint density at radius 3 is 2.89 bits per heavy atom. The second-order valence-corrected chi connectivity index (χ2v) is 6.62. The summed E-state index contributed by atoms with van der Waals surface area (Å²) in [5.74, 6) is 0.467. The molecule has 1 fully saturated rings. The number of hydrogen-bond acceptors (Lipinski definition) is 6. The molecule has 9 nitrogen and oxygen atoms in total. The van der Waals surface area contributed by atoms with Gasteiger partial charge in [-0.1, -0.05) is 0 Å². The minimum absolute atomic E-state index is 0.0537. The fourth-order valence-electron chi connectivity index (χ4n) is 3.18. The zero-order chi connectivity index (χ0) is 19.5. The molecule has 3 aromatic rings. The van der Waals surface area contributed by atoms with Gasteiger partial charge in [-0.05, 0) is 43.2 Å². The van der Waals surface area contributed by atoms with Gasteiger partial charge in [0.15, 0.2) is 0 Å². The maximum Gasteiger partial charge on any atom is 0.293 e. The highest BCUT2D eigenvalue weighted by Gasteiger charge is 2.17. The second kappa shape index (κ2) is 7.81. The van der Waals surface area contributed by atoms with Crippen molar-refractivity contribution in [3.05, 3.63) is 47.0 Å². The fraction of sp³-hybridized carbons (Fsp3) is 0.368. The average molecular weight is 383 g/mol. The highest BCUT2D eigenvalue weighted by Crippen LogP contribution is 2.21. The molecular formula is C19H21N5O4. The summed E-state index contributed by atoms with van der Waals surface area (Å²) in [5.41, 5.74) is 1.47. The zero-order valence-electron chi connectivity index (χ0n) is 15.5. The van der Waals surface area contributed by atoms with Gasteiger partial charge in [-0.25, -0.2) is 9.20 Å². The molecule has 1 amide bonds. The molecule has 0 aliphatic carbocycles. The molecule has 1 N–H and O–H groups in total. The van der Waals surface area contributed by atoms with Crippen LogP contribution in [0.4, 0.5) is 0 Å². The number of benzene rings is 1. The smallest absolute Gasteiger partial charge is 0.293 e. The molecule has 0 unspecified atom stereocenters. The Balaban J connectivity index is 1.51. The van der Waals surface area contributed by atoms with Crippen molar-refractivity contribution in [2.45, 2.75) is 25.5 Å². The number of amides is 1. The Morgan fingerprint density at radius 2 is 2.18 bits per heavy atom. The van der Waals surface area contributed by atoms with Crippen molar-refractivity contribution in [2.75, 3.05) is 20.3 Å². The minimum atomic E-state index is -0.373. The van der Waals surface area contributed by atoms with Crippen molar-refractivity contribution in [3.63, 3.8) is 0 Å². The molecule has 0 radical (unpaired) electrons. The van der Waals surface area contributed by atoms with E-state index in [4.69, 9.17) is 9.47 Å². The number of carbonyl (C=O) groups is 1. The van der Waals surface area contributed by atoms with Gasteiger partial charge >= 0.3 is 0 Å². The van der Waals surface area contributed by atoms with Crippen LogP contribution in [0, 0.1) is 0 Å². The Labute approximate surface area is 160 Å². The number of nitrogens with zero attached hydrogens (tertiary/aromatic N) is 4. The largest absolute Gasteiger partial charge is 0.497 e. The van der Waals surface area contributed by atoms with E-state index in [0.29, 0.717) is 17.8 Å². The lowest BCUT2D eigenvalue weighted by Gasteiger charge is -2.11. The molecule has 1 aliphatic rings. The van der Waals surface area contributed by atoms with Crippen LogP contribution in [0.5, 0.6) is 5.75 Å². The molecule has 9 heteroatoms. The van der Waals surface area contributed by atoms with Crippen molar-refractivity contribution in [1.82, 2.24) is 24.7 Å². The van der Waals surface area contributed by atoms with E-state index in [2.05, 4.69) is 15.5 Å². The van der Waals surface area contributed by atoms with Gasteiger partial charge in [-0.3, -0.25) is 9.59 Å². The van der Waals surface area contributed by atoms with Gasteiger partial charge in [0.05, 0.1) is 18.9 Å². The molecule has 1 saturated heterocycles. The first-order valence-electron chi connectivity index (χ1n) is 9.12. The van der Waals surface area contributed by atoms with E-state index in [0.717, 1.165) is 35.4 Å². The highest BCUT2D eigenvalue weighted by molar-refractivity contribution is 5.75. The molecule has 146 valence electrons. The van der Waals surface area contributed by atoms with E-state index in [1.54, 1.807) is 13.2 Å². The van der Waals surface area contributed by atoms with Crippen LogP contribution in [0.3, 0.4) is 0 Å². The quantitative estimate of drug-likeness (QED) is 0.678. The first kappa shape index (κ1) is 18.2. The number of methoxy groups -OCH3 is 1. The van der Waals surface area contributed by atoms with Gasteiger partial charge < -0.3 is 14.8 Å².